The molecule has 0 spiro atoms. The van der Waals surface area contributed by atoms with Gasteiger partial charge in [-0.2, -0.15) is 0 Å². The molecule has 5 heteroatoms. The van der Waals surface area contributed by atoms with Crippen molar-refractivity contribution < 1.29 is 8.42 Å². The number of rotatable bonds is 5. The highest BCUT2D eigenvalue weighted by molar-refractivity contribution is 8.13. The van der Waals surface area contributed by atoms with Gasteiger partial charge in [0.05, 0.1) is 5.69 Å². The maximum atomic E-state index is 11.7. The molecule has 1 N–H and O–H groups in total. The number of halogens is 1. The average molecular weight is 310 g/mol. The Morgan fingerprint density at radius 3 is 2.35 bits per heavy atom. The zero-order valence-electron chi connectivity index (χ0n) is 11.1. The zero-order chi connectivity index (χ0) is 14.6. The lowest BCUT2D eigenvalue weighted by atomic mass is 10.0. The van der Waals surface area contributed by atoms with Crippen LogP contribution in [0.25, 0.3) is 11.1 Å². The van der Waals surface area contributed by atoms with Crippen molar-refractivity contribution in [3.63, 3.8) is 0 Å². The Hall–Kier alpha value is -1.52. The number of nitrogens with one attached hydrogen (secondary N) is 1. The molecule has 0 atom stereocenters. The summed E-state index contributed by atoms with van der Waals surface area (Å²) in [5.74, 6) is 0. The van der Waals surface area contributed by atoms with Crippen LogP contribution in [-0.4, -0.2) is 15.0 Å². The summed E-state index contributed by atoms with van der Waals surface area (Å²) in [6.45, 7) is 2.70. The van der Waals surface area contributed by atoms with E-state index in [1.807, 2.05) is 43.3 Å². The maximum absolute atomic E-state index is 11.7. The highest BCUT2D eigenvalue weighted by Crippen LogP contribution is 2.35. The first-order chi connectivity index (χ1) is 9.54. The lowest BCUT2D eigenvalue weighted by Crippen LogP contribution is -2.06. The monoisotopic (exact) mass is 309 g/mol. The zero-order valence-corrected chi connectivity index (χ0v) is 12.7. The first kappa shape index (κ1) is 14.9. The number of anilines is 1. The van der Waals surface area contributed by atoms with E-state index in [0.29, 0.717) is 12.2 Å². The molecule has 2 aromatic carbocycles. The first-order valence-electron chi connectivity index (χ1n) is 6.41. The van der Waals surface area contributed by atoms with Gasteiger partial charge in [-0.25, -0.2) is 8.42 Å². The Morgan fingerprint density at radius 2 is 1.75 bits per heavy atom. The molecule has 0 fully saturated rings. The minimum Gasteiger partial charge on any atom is -0.383 e. The topological polar surface area (TPSA) is 46.2 Å². The van der Waals surface area contributed by atoms with Gasteiger partial charge in [-0.1, -0.05) is 49.4 Å². The smallest absolute Gasteiger partial charge is 0.263 e. The van der Waals surface area contributed by atoms with Gasteiger partial charge in [-0.3, -0.25) is 0 Å². The fourth-order valence-electron chi connectivity index (χ4n) is 2.02. The summed E-state index contributed by atoms with van der Waals surface area (Å²) >= 11 is 0. The van der Waals surface area contributed by atoms with Gasteiger partial charge < -0.3 is 5.32 Å². The molecule has 0 heterocycles. The molecule has 0 saturated carbocycles. The van der Waals surface area contributed by atoms with Crippen LogP contribution in [0.3, 0.4) is 0 Å². The molecule has 2 rings (SSSR count). The Balaban J connectivity index is 2.62. The van der Waals surface area contributed by atoms with E-state index in [9.17, 15) is 8.42 Å². The number of hydrogen-bond acceptors (Lipinski definition) is 3. The second-order valence-electron chi connectivity index (χ2n) is 4.41. The molecule has 0 amide bonds. The Bertz CT molecular complexity index is 684. The van der Waals surface area contributed by atoms with E-state index in [-0.39, 0.29) is 4.90 Å². The van der Waals surface area contributed by atoms with Gasteiger partial charge in [-0.15, -0.1) is 0 Å². The van der Waals surface area contributed by atoms with Gasteiger partial charge in [0.2, 0.25) is 0 Å². The molecule has 2 aromatic rings. The molecule has 3 nitrogen and oxygen atoms in total. The quantitative estimate of drug-likeness (QED) is 0.846. The van der Waals surface area contributed by atoms with Crippen molar-refractivity contribution in [3.05, 3.63) is 48.5 Å². The fraction of sp³-hybridized carbons (Fsp3) is 0.200. The number of benzene rings is 2. The van der Waals surface area contributed by atoms with Crippen LogP contribution in [0.5, 0.6) is 0 Å². The van der Waals surface area contributed by atoms with Crippen molar-refractivity contribution in [2.75, 3.05) is 11.9 Å². The molecule has 0 saturated heterocycles. The third-order valence-corrected chi connectivity index (χ3v) is 4.29. The van der Waals surface area contributed by atoms with Crippen LogP contribution in [-0.2, 0) is 9.05 Å². The molecular formula is C15H16ClNO2S. The largest absolute Gasteiger partial charge is 0.383 e. The normalized spacial score (nSPS) is 11.3. The lowest BCUT2D eigenvalue weighted by Gasteiger charge is -2.15. The summed E-state index contributed by atoms with van der Waals surface area (Å²) < 4.78 is 23.5. The second kappa shape index (κ2) is 6.29. The maximum Gasteiger partial charge on any atom is 0.263 e. The molecule has 0 aliphatic carbocycles. The minimum atomic E-state index is -3.78. The van der Waals surface area contributed by atoms with Crippen LogP contribution in [0.2, 0.25) is 0 Å². The summed E-state index contributed by atoms with van der Waals surface area (Å²) in [6, 6.07) is 14.8. The van der Waals surface area contributed by atoms with Crippen molar-refractivity contribution in [3.8, 4) is 11.1 Å². The van der Waals surface area contributed by atoms with Gasteiger partial charge in [0, 0.05) is 22.8 Å². The van der Waals surface area contributed by atoms with E-state index >= 15 is 0 Å². The third kappa shape index (κ3) is 3.32. The van der Waals surface area contributed by atoms with Crippen molar-refractivity contribution in [2.45, 2.75) is 18.2 Å². The van der Waals surface area contributed by atoms with E-state index in [4.69, 9.17) is 10.7 Å². The molecule has 106 valence electrons. The summed E-state index contributed by atoms with van der Waals surface area (Å²) in [7, 11) is 1.75. The van der Waals surface area contributed by atoms with Gasteiger partial charge in [-0.05, 0) is 18.1 Å². The molecule has 0 aromatic heterocycles. The van der Waals surface area contributed by atoms with Crippen LogP contribution in [0.15, 0.2) is 53.4 Å². The highest BCUT2D eigenvalue weighted by Gasteiger charge is 2.18. The Kier molecular flexibility index (Phi) is 4.68. The minimum absolute atomic E-state index is 0.119. The standard InChI is InChI=1S/C15H16ClNO2S/c1-2-11-17-15-13(12-7-4-3-5-8-12)9-6-10-14(15)20(16,18)19/h3-10,17H,2,11H2,1H3. The summed E-state index contributed by atoms with van der Waals surface area (Å²) in [6.07, 6.45) is 0.894. The predicted octanol–water partition coefficient (Wildman–Crippen LogP) is 4.10. The SMILES string of the molecule is CCCNc1c(-c2ccccc2)cccc1S(=O)(=O)Cl. The van der Waals surface area contributed by atoms with Crippen LogP contribution in [0, 0.1) is 0 Å². The van der Waals surface area contributed by atoms with Crippen LogP contribution >= 0.6 is 10.7 Å². The molecule has 0 aliphatic heterocycles. The lowest BCUT2D eigenvalue weighted by molar-refractivity contribution is 0.610. The van der Waals surface area contributed by atoms with Crippen LogP contribution < -0.4 is 5.32 Å². The average Bonchev–Trinajstić information content (AvgIpc) is 2.44. The van der Waals surface area contributed by atoms with E-state index < -0.39 is 9.05 Å². The summed E-state index contributed by atoms with van der Waals surface area (Å²) in [5, 5.41) is 3.17. The van der Waals surface area contributed by atoms with Crippen molar-refractivity contribution >= 4 is 25.4 Å². The summed E-state index contributed by atoms with van der Waals surface area (Å²) in [5.41, 5.74) is 2.35. The number of para-hydroxylation sites is 1. The molecule has 0 aliphatic rings. The predicted molar refractivity (Wildman–Crippen MR) is 83.7 cm³/mol. The molecule has 0 radical (unpaired) electrons. The van der Waals surface area contributed by atoms with Gasteiger partial charge in [0.15, 0.2) is 0 Å². The Morgan fingerprint density at radius 1 is 1.05 bits per heavy atom. The molecule has 0 bridgehead atoms. The van der Waals surface area contributed by atoms with Gasteiger partial charge in [0.1, 0.15) is 4.90 Å². The fourth-order valence-corrected chi connectivity index (χ4v) is 3.08. The van der Waals surface area contributed by atoms with Crippen LogP contribution in [0.4, 0.5) is 5.69 Å². The molecular weight excluding hydrogens is 294 g/mol. The highest BCUT2D eigenvalue weighted by atomic mass is 35.7. The van der Waals surface area contributed by atoms with Crippen LogP contribution in [0.1, 0.15) is 13.3 Å². The van der Waals surface area contributed by atoms with E-state index in [2.05, 4.69) is 5.32 Å². The van der Waals surface area contributed by atoms with E-state index in [1.54, 1.807) is 6.07 Å². The van der Waals surface area contributed by atoms with E-state index in [1.165, 1.54) is 6.07 Å². The third-order valence-electron chi connectivity index (χ3n) is 2.93. The van der Waals surface area contributed by atoms with Crippen molar-refractivity contribution in [1.29, 1.82) is 0 Å². The summed E-state index contributed by atoms with van der Waals surface area (Å²) in [4.78, 5) is 0.119. The first-order valence-corrected chi connectivity index (χ1v) is 8.72. The Labute approximate surface area is 124 Å². The molecule has 0 unspecified atom stereocenters. The van der Waals surface area contributed by atoms with Crippen molar-refractivity contribution in [1.82, 2.24) is 0 Å². The molecule has 20 heavy (non-hydrogen) atoms. The van der Waals surface area contributed by atoms with E-state index in [0.717, 1.165) is 17.5 Å². The van der Waals surface area contributed by atoms with Gasteiger partial charge in [0.25, 0.3) is 9.05 Å². The number of hydrogen-bond donors (Lipinski definition) is 1. The van der Waals surface area contributed by atoms with Crippen molar-refractivity contribution in [2.24, 2.45) is 0 Å². The van der Waals surface area contributed by atoms with Gasteiger partial charge >= 0.3 is 0 Å². The second-order valence-corrected chi connectivity index (χ2v) is 6.94.